The average molecular weight is 535 g/mol. The standard InChI is InChI=1S/C12H15F3N2S.C11H15ClN2OS/c1-8(2)7-16-11(18)17-10-6-4-3-5-9(10)12(13,14)15;1-7-3-9(12)5-10(4-7)14-11(16)13-6-8(2)15/h3-6,8H,7H2,1-2H3,(H2,16,17,18);3-5,8,15H,6H2,1-2H3,(H2,13,14,16). The highest BCUT2D eigenvalue weighted by atomic mass is 35.5. The van der Waals surface area contributed by atoms with E-state index in [1.54, 1.807) is 13.0 Å². The zero-order valence-corrected chi connectivity index (χ0v) is 21.8. The number of nitrogens with one attached hydrogen (secondary N) is 4. The Kier molecular flexibility index (Phi) is 12.6. The molecule has 2 rings (SSSR count). The molecule has 0 saturated heterocycles. The number of hydrogen-bond donors (Lipinski definition) is 5. The van der Waals surface area contributed by atoms with E-state index in [0.29, 0.717) is 29.1 Å². The Balaban J connectivity index is 0.000000342. The van der Waals surface area contributed by atoms with Crippen LogP contribution >= 0.6 is 36.0 Å². The van der Waals surface area contributed by atoms with Crippen molar-refractivity contribution >= 4 is 57.6 Å². The van der Waals surface area contributed by atoms with Gasteiger partial charge in [-0.05, 0) is 80.1 Å². The molecule has 2 aromatic carbocycles. The summed E-state index contributed by atoms with van der Waals surface area (Å²) >= 11 is 15.9. The fraction of sp³-hybridized carbons (Fsp3) is 0.391. The summed E-state index contributed by atoms with van der Waals surface area (Å²) in [5, 5.41) is 21.8. The number of hydrogen-bond acceptors (Lipinski definition) is 3. The number of rotatable bonds is 6. The second-order valence-corrected chi connectivity index (χ2v) is 9.23. The topological polar surface area (TPSA) is 68.3 Å². The Morgan fingerprint density at radius 1 is 0.971 bits per heavy atom. The Labute approximate surface area is 214 Å². The van der Waals surface area contributed by atoms with Crippen LogP contribution in [-0.4, -0.2) is 34.5 Å². The molecule has 0 aromatic heterocycles. The number of aliphatic hydroxyl groups is 1. The Bertz CT molecular complexity index is 936. The van der Waals surface area contributed by atoms with Crippen LogP contribution in [0.5, 0.6) is 0 Å². The molecule has 5 nitrogen and oxygen atoms in total. The average Bonchev–Trinajstić information content (AvgIpc) is 2.70. The highest BCUT2D eigenvalue weighted by molar-refractivity contribution is 7.80. The lowest BCUT2D eigenvalue weighted by molar-refractivity contribution is -0.136. The van der Waals surface area contributed by atoms with E-state index in [9.17, 15) is 13.2 Å². The van der Waals surface area contributed by atoms with Gasteiger partial charge >= 0.3 is 6.18 Å². The number of para-hydroxylation sites is 1. The molecule has 0 amide bonds. The van der Waals surface area contributed by atoms with Gasteiger partial charge in [-0.15, -0.1) is 0 Å². The molecule has 188 valence electrons. The third kappa shape index (κ3) is 12.4. The number of anilines is 2. The normalized spacial score (nSPS) is 11.7. The zero-order valence-electron chi connectivity index (χ0n) is 19.4. The summed E-state index contributed by atoms with van der Waals surface area (Å²) in [7, 11) is 0. The van der Waals surface area contributed by atoms with Crippen LogP contribution in [0.2, 0.25) is 5.02 Å². The number of aryl methyl sites for hydroxylation is 1. The van der Waals surface area contributed by atoms with Crippen LogP contribution in [0.25, 0.3) is 0 Å². The van der Waals surface area contributed by atoms with Crippen molar-refractivity contribution in [2.75, 3.05) is 23.7 Å². The van der Waals surface area contributed by atoms with Gasteiger partial charge in [0, 0.05) is 23.8 Å². The number of thiocarbonyl (C=S) groups is 2. The van der Waals surface area contributed by atoms with Crippen molar-refractivity contribution in [1.82, 2.24) is 10.6 Å². The van der Waals surface area contributed by atoms with E-state index in [1.807, 2.05) is 32.9 Å². The summed E-state index contributed by atoms with van der Waals surface area (Å²) in [4.78, 5) is 0. The van der Waals surface area contributed by atoms with Crippen molar-refractivity contribution in [1.29, 1.82) is 0 Å². The van der Waals surface area contributed by atoms with Crippen LogP contribution in [0.15, 0.2) is 42.5 Å². The minimum atomic E-state index is -4.39. The molecular formula is C23H30ClF3N4OS2. The van der Waals surface area contributed by atoms with Crippen molar-refractivity contribution < 1.29 is 18.3 Å². The molecule has 0 radical (unpaired) electrons. The monoisotopic (exact) mass is 534 g/mol. The summed E-state index contributed by atoms with van der Waals surface area (Å²) in [5.41, 5.74) is 1.14. The van der Waals surface area contributed by atoms with Crippen molar-refractivity contribution in [2.24, 2.45) is 5.92 Å². The van der Waals surface area contributed by atoms with Crippen LogP contribution in [0, 0.1) is 12.8 Å². The third-order valence-corrected chi connectivity index (χ3v) is 4.72. The summed E-state index contributed by atoms with van der Waals surface area (Å²) in [6, 6.07) is 10.9. The van der Waals surface area contributed by atoms with Crippen molar-refractivity contribution in [3.05, 3.63) is 58.6 Å². The fourth-order valence-corrected chi connectivity index (χ4v) is 3.21. The smallest absolute Gasteiger partial charge is 0.392 e. The maximum absolute atomic E-state index is 12.7. The lowest BCUT2D eigenvalue weighted by atomic mass is 10.1. The van der Waals surface area contributed by atoms with E-state index >= 15 is 0 Å². The highest BCUT2D eigenvalue weighted by Gasteiger charge is 2.33. The van der Waals surface area contributed by atoms with E-state index in [-0.39, 0.29) is 10.8 Å². The van der Waals surface area contributed by atoms with Gasteiger partial charge in [0.05, 0.1) is 17.4 Å². The van der Waals surface area contributed by atoms with Crippen LogP contribution in [0.1, 0.15) is 31.9 Å². The largest absolute Gasteiger partial charge is 0.418 e. The first kappa shape index (κ1) is 29.9. The molecule has 0 fully saturated rings. The van der Waals surface area contributed by atoms with Crippen molar-refractivity contribution in [3.8, 4) is 0 Å². The molecule has 0 heterocycles. The number of halogens is 4. The fourth-order valence-electron chi connectivity index (χ4n) is 2.53. The van der Waals surface area contributed by atoms with Gasteiger partial charge in [0.15, 0.2) is 10.2 Å². The molecule has 2 aromatic rings. The van der Waals surface area contributed by atoms with E-state index < -0.39 is 17.8 Å². The second kappa shape index (κ2) is 14.3. The quantitative estimate of drug-likeness (QED) is 0.293. The zero-order chi connectivity index (χ0) is 25.9. The van der Waals surface area contributed by atoms with Crippen LogP contribution in [-0.2, 0) is 6.18 Å². The van der Waals surface area contributed by atoms with Crippen molar-refractivity contribution in [3.63, 3.8) is 0 Å². The van der Waals surface area contributed by atoms with Gasteiger partial charge in [0.25, 0.3) is 0 Å². The van der Waals surface area contributed by atoms with Gasteiger partial charge in [-0.1, -0.05) is 37.6 Å². The first-order valence-electron chi connectivity index (χ1n) is 10.5. The molecule has 0 aliphatic heterocycles. The Hall–Kier alpha value is -2.14. The lowest BCUT2D eigenvalue weighted by Crippen LogP contribution is -2.33. The predicted molar refractivity (Wildman–Crippen MR) is 143 cm³/mol. The van der Waals surface area contributed by atoms with Gasteiger partial charge < -0.3 is 26.4 Å². The van der Waals surface area contributed by atoms with E-state index in [2.05, 4.69) is 21.3 Å². The van der Waals surface area contributed by atoms with Crippen LogP contribution in [0.3, 0.4) is 0 Å². The van der Waals surface area contributed by atoms with Crippen molar-refractivity contribution in [2.45, 2.75) is 40.0 Å². The molecule has 0 spiro atoms. The van der Waals surface area contributed by atoms with E-state index in [1.165, 1.54) is 18.2 Å². The highest BCUT2D eigenvalue weighted by Crippen LogP contribution is 2.34. The number of aliphatic hydroxyl groups excluding tert-OH is 1. The lowest BCUT2D eigenvalue weighted by Gasteiger charge is -2.16. The molecule has 0 saturated carbocycles. The molecule has 0 bridgehead atoms. The molecule has 1 atom stereocenters. The first-order chi connectivity index (χ1) is 15.8. The van der Waals surface area contributed by atoms with E-state index in [0.717, 1.165) is 17.3 Å². The maximum atomic E-state index is 12.7. The van der Waals surface area contributed by atoms with Crippen LogP contribution < -0.4 is 21.3 Å². The maximum Gasteiger partial charge on any atom is 0.418 e. The molecule has 5 N–H and O–H groups in total. The SMILES string of the molecule is CC(C)CNC(=S)Nc1ccccc1C(F)(F)F.Cc1cc(Cl)cc(NC(=S)NCC(C)O)c1. The summed E-state index contributed by atoms with van der Waals surface area (Å²) in [5.74, 6) is 0.364. The van der Waals surface area contributed by atoms with Gasteiger partial charge in [0.2, 0.25) is 0 Å². The molecule has 11 heteroatoms. The van der Waals surface area contributed by atoms with Gasteiger partial charge in [0.1, 0.15) is 0 Å². The summed E-state index contributed by atoms with van der Waals surface area (Å²) in [6.45, 7) is 8.66. The van der Waals surface area contributed by atoms with E-state index in [4.69, 9.17) is 41.1 Å². The summed E-state index contributed by atoms with van der Waals surface area (Å²) in [6.07, 6.45) is -4.82. The third-order valence-electron chi connectivity index (χ3n) is 4.01. The Morgan fingerprint density at radius 2 is 1.56 bits per heavy atom. The molecule has 0 aliphatic carbocycles. The Morgan fingerprint density at radius 3 is 2.12 bits per heavy atom. The minimum Gasteiger partial charge on any atom is -0.392 e. The first-order valence-corrected chi connectivity index (χ1v) is 11.7. The second-order valence-electron chi connectivity index (χ2n) is 7.97. The molecule has 1 unspecified atom stereocenters. The van der Waals surface area contributed by atoms with Crippen LogP contribution in [0.4, 0.5) is 24.5 Å². The minimum absolute atomic E-state index is 0.0359. The molecule has 34 heavy (non-hydrogen) atoms. The molecular weight excluding hydrogens is 505 g/mol. The van der Waals surface area contributed by atoms with Gasteiger partial charge in [-0.3, -0.25) is 0 Å². The molecule has 0 aliphatic rings. The van der Waals surface area contributed by atoms with Gasteiger partial charge in [-0.2, -0.15) is 13.2 Å². The van der Waals surface area contributed by atoms with Gasteiger partial charge in [-0.25, -0.2) is 0 Å². The predicted octanol–water partition coefficient (Wildman–Crippen LogP) is 5.96. The summed E-state index contributed by atoms with van der Waals surface area (Å²) < 4.78 is 38.1. The number of benzene rings is 2. The number of alkyl halides is 3.